The Bertz CT molecular complexity index is 594. The molecule has 1 fully saturated rings. The van der Waals surface area contributed by atoms with Gasteiger partial charge in [0.25, 0.3) is 0 Å². The van der Waals surface area contributed by atoms with E-state index in [0.29, 0.717) is 22.6 Å². The number of nitrogens with two attached hydrogens (primary N) is 1. The molecular formula is C13H16FN5S. The van der Waals surface area contributed by atoms with Crippen LogP contribution in [-0.4, -0.2) is 20.2 Å². The Balaban J connectivity index is 1.83. The molecule has 0 spiro atoms. The van der Waals surface area contributed by atoms with Gasteiger partial charge in [-0.2, -0.15) is 0 Å². The zero-order valence-electron chi connectivity index (χ0n) is 11.0. The van der Waals surface area contributed by atoms with Crippen molar-refractivity contribution in [1.29, 1.82) is 0 Å². The zero-order valence-corrected chi connectivity index (χ0v) is 11.8. The highest BCUT2D eigenvalue weighted by Crippen LogP contribution is 2.34. The van der Waals surface area contributed by atoms with E-state index in [1.807, 2.05) is 10.7 Å². The Hall–Kier alpha value is -1.47. The summed E-state index contributed by atoms with van der Waals surface area (Å²) in [4.78, 5) is 0.524. The van der Waals surface area contributed by atoms with E-state index >= 15 is 0 Å². The van der Waals surface area contributed by atoms with E-state index in [9.17, 15) is 4.39 Å². The minimum absolute atomic E-state index is 0.279. The van der Waals surface area contributed by atoms with Crippen molar-refractivity contribution in [2.45, 2.75) is 48.3 Å². The number of rotatable bonds is 4. The van der Waals surface area contributed by atoms with Crippen molar-refractivity contribution < 1.29 is 4.39 Å². The second kappa shape index (κ2) is 5.88. The van der Waals surface area contributed by atoms with Crippen molar-refractivity contribution in [3.8, 4) is 0 Å². The van der Waals surface area contributed by atoms with Crippen LogP contribution in [0.4, 0.5) is 4.39 Å². The maximum atomic E-state index is 14.0. The summed E-state index contributed by atoms with van der Waals surface area (Å²) in [5.41, 5.74) is 6.28. The molecule has 1 saturated carbocycles. The van der Waals surface area contributed by atoms with Gasteiger partial charge in [0.05, 0.1) is 10.9 Å². The lowest BCUT2D eigenvalue weighted by molar-refractivity contribution is 0.423. The predicted octanol–water partition coefficient (Wildman–Crippen LogP) is 2.54. The Labute approximate surface area is 120 Å². The van der Waals surface area contributed by atoms with Gasteiger partial charge in [0.15, 0.2) is 0 Å². The normalized spacial score (nSPS) is 15.9. The average Bonchev–Trinajstić information content (AvgIpc) is 3.11. The van der Waals surface area contributed by atoms with Crippen LogP contribution in [0, 0.1) is 5.82 Å². The summed E-state index contributed by atoms with van der Waals surface area (Å²) < 4.78 is 15.8. The number of aromatic nitrogens is 4. The van der Waals surface area contributed by atoms with Crippen molar-refractivity contribution in [3.05, 3.63) is 29.6 Å². The summed E-state index contributed by atoms with van der Waals surface area (Å²) in [5.74, 6) is -0.279. The van der Waals surface area contributed by atoms with Crippen LogP contribution in [0.3, 0.4) is 0 Å². The minimum Gasteiger partial charge on any atom is -0.326 e. The lowest BCUT2D eigenvalue weighted by Crippen LogP contribution is -2.08. The van der Waals surface area contributed by atoms with Crippen molar-refractivity contribution >= 4 is 11.8 Å². The van der Waals surface area contributed by atoms with Crippen LogP contribution in [-0.2, 0) is 6.54 Å². The van der Waals surface area contributed by atoms with Gasteiger partial charge >= 0.3 is 0 Å². The second-order valence-corrected chi connectivity index (χ2v) is 5.92. The topological polar surface area (TPSA) is 69.6 Å². The van der Waals surface area contributed by atoms with Gasteiger partial charge in [-0.3, -0.25) is 0 Å². The highest BCUT2D eigenvalue weighted by Gasteiger charge is 2.22. The summed E-state index contributed by atoms with van der Waals surface area (Å²) in [6.45, 7) is 0.335. The molecule has 5 nitrogen and oxygen atoms in total. The molecule has 106 valence electrons. The zero-order chi connectivity index (χ0) is 13.9. The Morgan fingerprint density at radius 1 is 1.35 bits per heavy atom. The molecule has 2 N–H and O–H groups in total. The van der Waals surface area contributed by atoms with Gasteiger partial charge < -0.3 is 5.73 Å². The van der Waals surface area contributed by atoms with E-state index in [1.165, 1.54) is 30.7 Å². The van der Waals surface area contributed by atoms with Crippen LogP contribution < -0.4 is 5.73 Å². The molecule has 1 aromatic carbocycles. The molecule has 0 amide bonds. The molecule has 20 heavy (non-hydrogen) atoms. The minimum atomic E-state index is -0.279. The largest absolute Gasteiger partial charge is 0.326 e. The molecule has 0 saturated heterocycles. The molecule has 0 radical (unpaired) electrons. The molecule has 1 aromatic heterocycles. The van der Waals surface area contributed by atoms with Crippen molar-refractivity contribution in [2.75, 3.05) is 0 Å². The number of nitrogens with zero attached hydrogens (tertiary/aromatic N) is 4. The first-order valence-electron chi connectivity index (χ1n) is 6.72. The van der Waals surface area contributed by atoms with Gasteiger partial charge in [0, 0.05) is 6.54 Å². The fourth-order valence-electron chi connectivity index (χ4n) is 2.48. The summed E-state index contributed by atoms with van der Waals surface area (Å²) in [6, 6.07) is 5.37. The summed E-state index contributed by atoms with van der Waals surface area (Å²) in [5, 5.41) is 12.4. The third-order valence-electron chi connectivity index (χ3n) is 3.57. The van der Waals surface area contributed by atoms with Crippen LogP contribution in [0.1, 0.15) is 37.3 Å². The van der Waals surface area contributed by atoms with Crippen LogP contribution in [0.25, 0.3) is 0 Å². The first-order valence-corrected chi connectivity index (χ1v) is 7.54. The SMILES string of the molecule is NCc1ccc(Sc2nnnn2C2CCCC2)c(F)c1. The maximum Gasteiger partial charge on any atom is 0.214 e. The van der Waals surface area contributed by atoms with Crippen LogP contribution in [0.2, 0.25) is 0 Å². The quantitative estimate of drug-likeness (QED) is 0.938. The first kappa shape index (κ1) is 13.5. The van der Waals surface area contributed by atoms with E-state index < -0.39 is 0 Å². The lowest BCUT2D eigenvalue weighted by atomic mass is 10.2. The van der Waals surface area contributed by atoms with Gasteiger partial charge in [-0.05, 0) is 52.7 Å². The molecule has 1 aliphatic rings. The Kier molecular flexibility index (Phi) is 3.98. The van der Waals surface area contributed by atoms with Crippen molar-refractivity contribution in [1.82, 2.24) is 20.2 Å². The monoisotopic (exact) mass is 293 g/mol. The highest BCUT2D eigenvalue weighted by molar-refractivity contribution is 7.99. The average molecular weight is 293 g/mol. The number of benzene rings is 1. The van der Waals surface area contributed by atoms with Gasteiger partial charge in [-0.25, -0.2) is 9.07 Å². The first-order chi connectivity index (χ1) is 9.78. The summed E-state index contributed by atoms with van der Waals surface area (Å²) in [7, 11) is 0. The number of halogens is 1. The highest BCUT2D eigenvalue weighted by atomic mass is 32.2. The van der Waals surface area contributed by atoms with Gasteiger partial charge in [0.2, 0.25) is 5.16 Å². The molecule has 1 heterocycles. The Morgan fingerprint density at radius 2 is 2.15 bits per heavy atom. The summed E-state index contributed by atoms with van der Waals surface area (Å²) in [6.07, 6.45) is 4.59. The van der Waals surface area contributed by atoms with Crippen LogP contribution in [0.5, 0.6) is 0 Å². The lowest BCUT2D eigenvalue weighted by Gasteiger charge is -2.11. The van der Waals surface area contributed by atoms with Crippen molar-refractivity contribution in [2.24, 2.45) is 5.73 Å². The van der Waals surface area contributed by atoms with E-state index in [-0.39, 0.29) is 5.82 Å². The molecule has 0 unspecified atom stereocenters. The maximum absolute atomic E-state index is 14.0. The van der Waals surface area contributed by atoms with E-state index in [0.717, 1.165) is 18.4 Å². The molecule has 3 rings (SSSR count). The van der Waals surface area contributed by atoms with Crippen LogP contribution in [0.15, 0.2) is 28.3 Å². The number of hydrogen-bond donors (Lipinski definition) is 1. The molecule has 0 atom stereocenters. The molecule has 1 aliphatic carbocycles. The van der Waals surface area contributed by atoms with E-state index in [1.54, 1.807) is 6.07 Å². The van der Waals surface area contributed by atoms with E-state index in [4.69, 9.17) is 5.73 Å². The third kappa shape index (κ3) is 2.69. The molecule has 7 heteroatoms. The molecular weight excluding hydrogens is 277 g/mol. The van der Waals surface area contributed by atoms with Gasteiger partial charge in [-0.1, -0.05) is 18.9 Å². The fraction of sp³-hybridized carbons (Fsp3) is 0.462. The van der Waals surface area contributed by atoms with Crippen molar-refractivity contribution in [3.63, 3.8) is 0 Å². The van der Waals surface area contributed by atoms with Crippen LogP contribution >= 0.6 is 11.8 Å². The standard InChI is InChI=1S/C13H16FN5S/c14-11-7-9(8-15)5-6-12(11)20-13-16-17-18-19(13)10-3-1-2-4-10/h5-7,10H,1-4,8,15H2. The summed E-state index contributed by atoms with van der Waals surface area (Å²) >= 11 is 1.26. The van der Waals surface area contributed by atoms with Gasteiger partial charge in [0.1, 0.15) is 5.82 Å². The fourth-order valence-corrected chi connectivity index (χ4v) is 3.33. The second-order valence-electron chi connectivity index (χ2n) is 4.92. The Morgan fingerprint density at radius 3 is 2.85 bits per heavy atom. The molecule has 2 aromatic rings. The predicted molar refractivity (Wildman–Crippen MR) is 73.7 cm³/mol. The van der Waals surface area contributed by atoms with Gasteiger partial charge in [-0.15, -0.1) is 5.10 Å². The number of hydrogen-bond acceptors (Lipinski definition) is 5. The molecule has 0 aliphatic heterocycles. The smallest absolute Gasteiger partial charge is 0.214 e. The molecule has 0 bridgehead atoms. The third-order valence-corrected chi connectivity index (χ3v) is 4.57. The van der Waals surface area contributed by atoms with E-state index in [2.05, 4.69) is 15.5 Å². The number of tetrazole rings is 1.